The molecular formula is C19H18N2O5S. The fourth-order valence-electron chi connectivity index (χ4n) is 3.80. The number of thioether (sulfide) groups is 1. The van der Waals surface area contributed by atoms with Crippen molar-refractivity contribution in [1.29, 1.82) is 0 Å². The van der Waals surface area contributed by atoms with Gasteiger partial charge in [-0.2, -0.15) is 0 Å². The molecule has 2 N–H and O–H groups in total. The molecule has 4 rings (SSSR count). The van der Waals surface area contributed by atoms with Gasteiger partial charge in [-0.3, -0.25) is 4.79 Å². The molecule has 8 heteroatoms. The third-order valence-corrected chi connectivity index (χ3v) is 6.21. The lowest BCUT2D eigenvalue weighted by molar-refractivity contribution is -0.163. The van der Waals surface area contributed by atoms with Crippen LogP contribution in [0.3, 0.4) is 0 Å². The number of hydrogen-bond donors (Lipinski definition) is 2. The van der Waals surface area contributed by atoms with E-state index in [0.29, 0.717) is 15.8 Å². The third kappa shape index (κ3) is 2.76. The highest BCUT2D eigenvalue weighted by atomic mass is 32.2. The second kappa shape index (κ2) is 6.54. The first-order valence-corrected chi connectivity index (χ1v) is 9.39. The van der Waals surface area contributed by atoms with Crippen LogP contribution in [0.25, 0.3) is 11.3 Å². The number of carbonyl (C=O) groups is 2. The summed E-state index contributed by atoms with van der Waals surface area (Å²) in [7, 11) is 0. The number of fused-ring (bicyclic) bond motifs is 1. The number of carbonyl (C=O) groups excluding carboxylic acids is 1. The lowest BCUT2D eigenvalue weighted by atomic mass is 9.79. The van der Waals surface area contributed by atoms with Crippen LogP contribution >= 0.6 is 11.8 Å². The van der Waals surface area contributed by atoms with E-state index in [1.807, 2.05) is 37.3 Å². The van der Waals surface area contributed by atoms with Gasteiger partial charge >= 0.3 is 5.97 Å². The number of carboxylic acids is 1. The van der Waals surface area contributed by atoms with Crippen LogP contribution in [-0.4, -0.2) is 44.1 Å². The highest BCUT2D eigenvalue weighted by Crippen LogP contribution is 2.51. The van der Waals surface area contributed by atoms with E-state index in [1.54, 1.807) is 6.92 Å². The zero-order valence-corrected chi connectivity index (χ0v) is 15.5. The number of aromatic nitrogens is 1. The van der Waals surface area contributed by atoms with Crippen molar-refractivity contribution in [3.63, 3.8) is 0 Å². The highest BCUT2D eigenvalue weighted by Gasteiger charge is 2.60. The van der Waals surface area contributed by atoms with E-state index in [1.165, 1.54) is 11.2 Å². The molecule has 1 aromatic heterocycles. The van der Waals surface area contributed by atoms with Gasteiger partial charge in [-0.15, -0.1) is 0 Å². The number of oxazole rings is 1. The predicted octanol–water partition coefficient (Wildman–Crippen LogP) is 2.59. The molecular weight excluding hydrogens is 368 g/mol. The second-order valence-corrected chi connectivity index (χ2v) is 7.73. The standard InChI is InChI=1S/C19H18N2O5S/c1-9-14-13(10(2)22)17(23)21(14)15(18(24)25)16(9)27-19-20-12(8-26-19)11-6-4-3-5-7-11/h3-10,13-14,22H,1-2H3,(H,24,25)/t9-,10?,13-,14-/m1/s1. The number of rotatable bonds is 5. The number of amides is 1. The van der Waals surface area contributed by atoms with E-state index in [4.69, 9.17) is 4.42 Å². The Labute approximate surface area is 159 Å². The summed E-state index contributed by atoms with van der Waals surface area (Å²) in [5.41, 5.74) is 1.51. The van der Waals surface area contributed by atoms with Crippen molar-refractivity contribution in [1.82, 2.24) is 9.88 Å². The Balaban J connectivity index is 1.64. The SMILES string of the molecule is CC(O)[C@H]1C(=O)N2C(C(=O)O)=C(Sc3nc(-c4ccccc4)co3)[C@H](C)[C@H]12. The van der Waals surface area contributed by atoms with Gasteiger partial charge in [-0.05, 0) is 18.7 Å². The van der Waals surface area contributed by atoms with E-state index >= 15 is 0 Å². The van der Waals surface area contributed by atoms with Gasteiger partial charge in [0.05, 0.1) is 18.1 Å². The molecule has 2 aliphatic rings. The lowest BCUT2D eigenvalue weighted by Crippen LogP contribution is -2.63. The van der Waals surface area contributed by atoms with Crippen LogP contribution in [0.1, 0.15) is 13.8 Å². The largest absolute Gasteiger partial charge is 0.477 e. The number of hydrogen-bond acceptors (Lipinski definition) is 6. The van der Waals surface area contributed by atoms with Gasteiger partial charge in [-0.1, -0.05) is 37.3 Å². The summed E-state index contributed by atoms with van der Waals surface area (Å²) < 4.78 is 5.52. The average molecular weight is 386 g/mol. The Kier molecular flexibility index (Phi) is 4.32. The monoisotopic (exact) mass is 386 g/mol. The molecule has 3 heterocycles. The van der Waals surface area contributed by atoms with Crippen molar-refractivity contribution in [2.24, 2.45) is 11.8 Å². The van der Waals surface area contributed by atoms with E-state index in [0.717, 1.165) is 17.3 Å². The molecule has 140 valence electrons. The van der Waals surface area contributed by atoms with Gasteiger partial charge < -0.3 is 19.5 Å². The Hall–Kier alpha value is -2.58. The van der Waals surface area contributed by atoms with Crippen LogP contribution in [0.4, 0.5) is 0 Å². The van der Waals surface area contributed by atoms with E-state index < -0.39 is 18.0 Å². The maximum absolute atomic E-state index is 12.4. The molecule has 27 heavy (non-hydrogen) atoms. The molecule has 7 nitrogen and oxygen atoms in total. The number of carboxylic acid groups (broad SMARTS) is 1. The Morgan fingerprint density at radius 1 is 1.33 bits per heavy atom. The minimum atomic E-state index is -1.17. The number of benzene rings is 1. The Morgan fingerprint density at radius 2 is 2.04 bits per heavy atom. The van der Waals surface area contributed by atoms with Crippen LogP contribution in [0.5, 0.6) is 0 Å². The molecule has 0 radical (unpaired) electrons. The lowest BCUT2D eigenvalue weighted by Gasteiger charge is -2.46. The molecule has 4 atom stereocenters. The van der Waals surface area contributed by atoms with Crippen LogP contribution in [0, 0.1) is 11.8 Å². The number of nitrogens with zero attached hydrogens (tertiary/aromatic N) is 2. The number of β-lactam (4-membered cyclic amide) rings is 1. The summed E-state index contributed by atoms with van der Waals surface area (Å²) in [6.45, 7) is 3.41. The normalized spacial score (nSPS) is 25.4. The van der Waals surface area contributed by atoms with E-state index in [9.17, 15) is 19.8 Å². The van der Waals surface area contributed by atoms with Crippen LogP contribution < -0.4 is 0 Å². The summed E-state index contributed by atoms with van der Waals surface area (Å²) in [4.78, 5) is 30.4. The quantitative estimate of drug-likeness (QED) is 0.761. The van der Waals surface area contributed by atoms with Crippen LogP contribution in [0.2, 0.25) is 0 Å². The molecule has 1 amide bonds. The predicted molar refractivity (Wildman–Crippen MR) is 97.4 cm³/mol. The fourth-order valence-corrected chi connectivity index (χ4v) is 4.83. The zero-order chi connectivity index (χ0) is 19.3. The molecule has 1 aromatic carbocycles. The third-order valence-electron chi connectivity index (χ3n) is 5.06. The van der Waals surface area contributed by atoms with Crippen molar-refractivity contribution >= 4 is 23.6 Å². The molecule has 2 aromatic rings. The minimum absolute atomic E-state index is 0.0427. The topological polar surface area (TPSA) is 104 Å². The fraction of sp³-hybridized carbons (Fsp3) is 0.316. The van der Waals surface area contributed by atoms with Gasteiger partial charge in [0.2, 0.25) is 5.91 Å². The Morgan fingerprint density at radius 3 is 2.67 bits per heavy atom. The summed E-state index contributed by atoms with van der Waals surface area (Å²) in [6, 6.07) is 9.16. The van der Waals surface area contributed by atoms with Crippen molar-refractivity contribution in [2.75, 3.05) is 0 Å². The van der Waals surface area contributed by atoms with Crippen LogP contribution in [-0.2, 0) is 9.59 Å². The van der Waals surface area contributed by atoms with Gasteiger partial charge in [0.25, 0.3) is 5.22 Å². The van der Waals surface area contributed by atoms with Crippen molar-refractivity contribution < 1.29 is 24.2 Å². The summed E-state index contributed by atoms with van der Waals surface area (Å²) in [5, 5.41) is 19.9. The van der Waals surface area contributed by atoms with Gasteiger partial charge in [0.1, 0.15) is 17.7 Å². The molecule has 2 aliphatic heterocycles. The first-order valence-electron chi connectivity index (χ1n) is 8.57. The molecule has 1 unspecified atom stereocenters. The van der Waals surface area contributed by atoms with E-state index in [-0.39, 0.29) is 23.6 Å². The molecule has 1 saturated heterocycles. The van der Waals surface area contributed by atoms with Gasteiger partial charge in [-0.25, -0.2) is 9.78 Å². The number of aliphatic hydroxyl groups is 1. The Bertz CT molecular complexity index is 937. The average Bonchev–Trinajstić information content (AvgIpc) is 3.18. The second-order valence-electron chi connectivity index (χ2n) is 6.74. The summed E-state index contributed by atoms with van der Waals surface area (Å²) >= 11 is 1.12. The minimum Gasteiger partial charge on any atom is -0.477 e. The van der Waals surface area contributed by atoms with Gasteiger partial charge in [0.15, 0.2) is 0 Å². The highest BCUT2D eigenvalue weighted by molar-refractivity contribution is 8.03. The first kappa shape index (κ1) is 17.8. The smallest absolute Gasteiger partial charge is 0.353 e. The number of aliphatic hydroxyl groups excluding tert-OH is 1. The maximum atomic E-state index is 12.4. The van der Waals surface area contributed by atoms with Crippen LogP contribution in [0.15, 0.2) is 56.8 Å². The maximum Gasteiger partial charge on any atom is 0.353 e. The summed E-state index contributed by atoms with van der Waals surface area (Å²) in [5.74, 6) is -2.34. The molecule has 1 fully saturated rings. The molecule has 0 bridgehead atoms. The van der Waals surface area contributed by atoms with Crippen molar-refractivity contribution in [2.45, 2.75) is 31.2 Å². The van der Waals surface area contributed by atoms with E-state index in [2.05, 4.69) is 4.98 Å². The molecule has 0 saturated carbocycles. The van der Waals surface area contributed by atoms with Crippen molar-refractivity contribution in [3.05, 3.63) is 47.2 Å². The van der Waals surface area contributed by atoms with Crippen molar-refractivity contribution in [3.8, 4) is 11.3 Å². The summed E-state index contributed by atoms with van der Waals surface area (Å²) in [6.07, 6.45) is 0.698. The zero-order valence-electron chi connectivity index (χ0n) is 14.7. The van der Waals surface area contributed by atoms with Gasteiger partial charge in [0, 0.05) is 16.4 Å². The molecule has 0 spiro atoms. The molecule has 0 aliphatic carbocycles. The number of aliphatic carboxylic acids is 1. The first-order chi connectivity index (χ1) is 12.9.